The lowest BCUT2D eigenvalue weighted by atomic mass is 10.2. The van der Waals surface area contributed by atoms with Gasteiger partial charge in [0.15, 0.2) is 9.84 Å². The van der Waals surface area contributed by atoms with Crippen molar-refractivity contribution < 1.29 is 17.9 Å². The first-order chi connectivity index (χ1) is 8.36. The summed E-state index contributed by atoms with van der Waals surface area (Å²) in [6.45, 7) is 1.75. The van der Waals surface area contributed by atoms with Crippen LogP contribution in [0.25, 0.3) is 0 Å². The number of hydrogen-bond donors (Lipinski definition) is 0. The lowest BCUT2D eigenvalue weighted by Crippen LogP contribution is -2.15. The summed E-state index contributed by atoms with van der Waals surface area (Å²) >= 11 is 1.35. The quantitative estimate of drug-likeness (QED) is 0.612. The first-order valence-electron chi connectivity index (χ1n) is 5.36. The van der Waals surface area contributed by atoms with Gasteiger partial charge in [-0.15, -0.1) is 11.8 Å². The molecule has 1 atom stereocenters. The molecule has 0 radical (unpaired) electrons. The summed E-state index contributed by atoms with van der Waals surface area (Å²) in [5, 5.41) is 0. The Hall–Kier alpha value is -1.01. The number of hydrogen-bond acceptors (Lipinski definition) is 5. The van der Waals surface area contributed by atoms with Crippen LogP contribution < -0.4 is 0 Å². The fourth-order valence-electron chi connectivity index (χ4n) is 1.36. The van der Waals surface area contributed by atoms with Crippen LogP contribution in [0.5, 0.6) is 0 Å². The Bertz CT molecular complexity index is 523. The zero-order valence-corrected chi connectivity index (χ0v) is 12.2. The largest absolute Gasteiger partial charge is 0.469 e. The van der Waals surface area contributed by atoms with Crippen LogP contribution >= 0.6 is 11.8 Å². The molecule has 0 N–H and O–H groups in total. The molecule has 6 heteroatoms. The molecule has 0 spiro atoms. The molecule has 100 valence electrons. The molecule has 1 rings (SSSR count). The number of methoxy groups -OCH3 is 1. The minimum Gasteiger partial charge on any atom is -0.469 e. The van der Waals surface area contributed by atoms with Crippen molar-refractivity contribution in [3.05, 3.63) is 24.3 Å². The van der Waals surface area contributed by atoms with E-state index < -0.39 is 9.84 Å². The van der Waals surface area contributed by atoms with Gasteiger partial charge >= 0.3 is 5.97 Å². The van der Waals surface area contributed by atoms with Crippen LogP contribution in [0.3, 0.4) is 0 Å². The molecule has 1 aromatic rings. The van der Waals surface area contributed by atoms with E-state index in [0.29, 0.717) is 15.5 Å². The highest BCUT2D eigenvalue weighted by Gasteiger charge is 2.17. The Morgan fingerprint density at radius 1 is 1.39 bits per heavy atom. The number of carbonyl (C=O) groups excluding carboxylic acids is 1. The third-order valence-corrected chi connectivity index (χ3v) is 4.96. The smallest absolute Gasteiger partial charge is 0.309 e. The third-order valence-electron chi connectivity index (χ3n) is 2.34. The van der Waals surface area contributed by atoms with Crippen LogP contribution in [0.1, 0.15) is 6.92 Å². The average molecular weight is 288 g/mol. The number of ether oxygens (including phenoxy) is 1. The SMILES string of the molecule is COC(=O)C(C)CSc1ccccc1S(C)(=O)=O. The van der Waals surface area contributed by atoms with Gasteiger partial charge < -0.3 is 4.74 Å². The first-order valence-corrected chi connectivity index (χ1v) is 8.23. The lowest BCUT2D eigenvalue weighted by Gasteiger charge is -2.10. The normalized spacial score (nSPS) is 13.1. The molecule has 0 fully saturated rings. The standard InChI is InChI=1S/C12H16O4S2/c1-9(12(13)16-2)8-17-10-6-4-5-7-11(10)18(3,14)15/h4-7,9H,8H2,1-3H3. The highest BCUT2D eigenvalue weighted by atomic mass is 32.2. The maximum absolute atomic E-state index is 11.6. The zero-order valence-electron chi connectivity index (χ0n) is 10.5. The average Bonchev–Trinajstić information content (AvgIpc) is 2.34. The number of thioether (sulfide) groups is 1. The summed E-state index contributed by atoms with van der Waals surface area (Å²) in [6.07, 6.45) is 1.18. The van der Waals surface area contributed by atoms with E-state index in [4.69, 9.17) is 0 Å². The minimum atomic E-state index is -3.24. The fourth-order valence-corrected chi connectivity index (χ4v) is 3.70. The molecule has 0 aliphatic rings. The van der Waals surface area contributed by atoms with Gasteiger partial charge in [0.05, 0.1) is 17.9 Å². The maximum atomic E-state index is 11.6. The summed E-state index contributed by atoms with van der Waals surface area (Å²) < 4.78 is 27.8. The molecular weight excluding hydrogens is 272 g/mol. The van der Waals surface area contributed by atoms with Crippen LogP contribution in [-0.4, -0.2) is 33.5 Å². The van der Waals surface area contributed by atoms with Gasteiger partial charge in [0.25, 0.3) is 0 Å². The summed E-state index contributed by atoms with van der Waals surface area (Å²) in [7, 11) is -1.90. The van der Waals surface area contributed by atoms with Crippen molar-refractivity contribution in [2.45, 2.75) is 16.7 Å². The molecule has 0 aliphatic heterocycles. The Kier molecular flexibility index (Phi) is 5.22. The van der Waals surface area contributed by atoms with Gasteiger partial charge in [-0.25, -0.2) is 8.42 Å². The van der Waals surface area contributed by atoms with Crippen molar-refractivity contribution in [1.29, 1.82) is 0 Å². The molecule has 0 bridgehead atoms. The van der Waals surface area contributed by atoms with Gasteiger partial charge in [-0.2, -0.15) is 0 Å². The van der Waals surface area contributed by atoms with E-state index in [9.17, 15) is 13.2 Å². The van der Waals surface area contributed by atoms with Gasteiger partial charge in [-0.05, 0) is 12.1 Å². The number of benzene rings is 1. The Morgan fingerprint density at radius 2 is 2.00 bits per heavy atom. The van der Waals surface area contributed by atoms with E-state index in [-0.39, 0.29) is 11.9 Å². The molecule has 18 heavy (non-hydrogen) atoms. The van der Waals surface area contributed by atoms with Crippen LogP contribution in [-0.2, 0) is 19.4 Å². The summed E-state index contributed by atoms with van der Waals surface area (Å²) in [6, 6.07) is 6.77. The first kappa shape index (κ1) is 15.0. The van der Waals surface area contributed by atoms with Crippen LogP contribution in [0.4, 0.5) is 0 Å². The number of esters is 1. The monoisotopic (exact) mass is 288 g/mol. The van der Waals surface area contributed by atoms with E-state index in [1.165, 1.54) is 25.1 Å². The van der Waals surface area contributed by atoms with Crippen molar-refractivity contribution in [1.82, 2.24) is 0 Å². The summed E-state index contributed by atoms with van der Waals surface area (Å²) in [5.74, 6) is -0.0777. The Labute approximate surface area is 112 Å². The van der Waals surface area contributed by atoms with Gasteiger partial charge in [0.2, 0.25) is 0 Å². The second-order valence-electron chi connectivity index (χ2n) is 3.95. The van der Waals surface area contributed by atoms with Gasteiger partial charge in [0.1, 0.15) is 0 Å². The van der Waals surface area contributed by atoms with E-state index in [1.807, 2.05) is 0 Å². The van der Waals surface area contributed by atoms with E-state index in [0.717, 1.165) is 0 Å². The summed E-state index contributed by atoms with van der Waals surface area (Å²) in [5.41, 5.74) is 0. The Balaban J connectivity index is 2.83. The highest BCUT2D eigenvalue weighted by molar-refractivity contribution is 8.00. The number of rotatable bonds is 5. The van der Waals surface area contributed by atoms with Gasteiger partial charge in [-0.3, -0.25) is 4.79 Å². The van der Waals surface area contributed by atoms with E-state index in [1.54, 1.807) is 31.2 Å². The maximum Gasteiger partial charge on any atom is 0.309 e. The van der Waals surface area contributed by atoms with Crippen molar-refractivity contribution >= 4 is 27.6 Å². The molecular formula is C12H16O4S2. The molecule has 1 unspecified atom stereocenters. The Morgan fingerprint density at radius 3 is 2.56 bits per heavy atom. The number of sulfone groups is 1. The molecule has 1 aromatic carbocycles. The predicted octanol–water partition coefficient (Wildman–Crippen LogP) is 1.99. The second kappa shape index (κ2) is 6.24. The van der Waals surface area contributed by atoms with Crippen LogP contribution in [0.15, 0.2) is 34.1 Å². The summed E-state index contributed by atoms with van der Waals surface area (Å²) in [4.78, 5) is 12.2. The fraction of sp³-hybridized carbons (Fsp3) is 0.417. The van der Waals surface area contributed by atoms with E-state index in [2.05, 4.69) is 4.74 Å². The van der Waals surface area contributed by atoms with Crippen LogP contribution in [0.2, 0.25) is 0 Å². The topological polar surface area (TPSA) is 60.4 Å². The van der Waals surface area contributed by atoms with Gasteiger partial charge in [0, 0.05) is 16.9 Å². The number of carbonyl (C=O) groups is 1. The van der Waals surface area contributed by atoms with Crippen molar-refractivity contribution in [2.75, 3.05) is 19.1 Å². The third kappa shape index (κ3) is 4.03. The molecule has 0 saturated carbocycles. The molecule has 0 amide bonds. The highest BCUT2D eigenvalue weighted by Crippen LogP contribution is 2.28. The zero-order chi connectivity index (χ0) is 13.8. The predicted molar refractivity (Wildman–Crippen MR) is 71.5 cm³/mol. The second-order valence-corrected chi connectivity index (χ2v) is 7.00. The van der Waals surface area contributed by atoms with Crippen LogP contribution in [0, 0.1) is 5.92 Å². The van der Waals surface area contributed by atoms with Crippen molar-refractivity contribution in [2.24, 2.45) is 5.92 Å². The molecule has 0 aliphatic carbocycles. The van der Waals surface area contributed by atoms with E-state index >= 15 is 0 Å². The van der Waals surface area contributed by atoms with Gasteiger partial charge in [-0.1, -0.05) is 19.1 Å². The van der Waals surface area contributed by atoms with Crippen molar-refractivity contribution in [3.63, 3.8) is 0 Å². The lowest BCUT2D eigenvalue weighted by molar-refractivity contribution is -0.143. The molecule has 0 saturated heterocycles. The molecule has 4 nitrogen and oxygen atoms in total. The minimum absolute atomic E-state index is 0.271. The molecule has 0 aromatic heterocycles. The molecule has 0 heterocycles. The van der Waals surface area contributed by atoms with Crippen molar-refractivity contribution in [3.8, 4) is 0 Å².